The van der Waals surface area contributed by atoms with E-state index in [1.807, 2.05) is 24.4 Å². The van der Waals surface area contributed by atoms with Crippen LogP contribution >= 0.6 is 11.3 Å². The van der Waals surface area contributed by atoms with E-state index < -0.39 is 10.0 Å². The summed E-state index contributed by atoms with van der Waals surface area (Å²) < 4.78 is 27.1. The lowest BCUT2D eigenvalue weighted by Crippen LogP contribution is -2.27. The van der Waals surface area contributed by atoms with Crippen molar-refractivity contribution in [1.82, 2.24) is 4.72 Å². The van der Waals surface area contributed by atoms with Crippen LogP contribution < -0.4 is 4.72 Å². The second kappa shape index (κ2) is 5.73. The van der Waals surface area contributed by atoms with Crippen molar-refractivity contribution in [3.8, 4) is 5.75 Å². The van der Waals surface area contributed by atoms with Crippen LogP contribution in [-0.2, 0) is 10.0 Å². The Labute approximate surface area is 116 Å². The molecule has 6 heteroatoms. The molecule has 0 aliphatic rings. The summed E-state index contributed by atoms with van der Waals surface area (Å²) in [5.74, 6) is -0.0629. The van der Waals surface area contributed by atoms with Gasteiger partial charge in [-0.1, -0.05) is 19.1 Å². The molecule has 0 radical (unpaired) electrons. The van der Waals surface area contributed by atoms with Gasteiger partial charge in [-0.2, -0.15) is 0 Å². The highest BCUT2D eigenvalue weighted by atomic mass is 32.2. The molecule has 1 atom stereocenters. The predicted molar refractivity (Wildman–Crippen MR) is 75.8 cm³/mol. The molecule has 1 heterocycles. The standard InChI is InChI=1S/C13H15NO3S2/c1-2-12(13-7-4-8-18-13)14-19(16,17)11-6-3-5-10(15)9-11/h3-9,12,14-15H,2H2,1H3. The van der Waals surface area contributed by atoms with Crippen molar-refractivity contribution in [2.24, 2.45) is 0 Å². The van der Waals surface area contributed by atoms with Crippen LogP contribution in [0.3, 0.4) is 0 Å². The number of phenols is 1. The van der Waals surface area contributed by atoms with Gasteiger partial charge in [0.2, 0.25) is 10.0 Å². The fourth-order valence-corrected chi connectivity index (χ4v) is 4.01. The summed E-state index contributed by atoms with van der Waals surface area (Å²) in [6, 6.07) is 9.21. The molecule has 0 spiro atoms. The molecule has 102 valence electrons. The molecule has 0 saturated heterocycles. The van der Waals surface area contributed by atoms with Crippen molar-refractivity contribution in [2.75, 3.05) is 0 Å². The molecule has 4 nitrogen and oxygen atoms in total. The predicted octanol–water partition coefficient (Wildman–Crippen LogP) is 2.88. The first-order chi connectivity index (χ1) is 9.03. The van der Waals surface area contributed by atoms with Crippen LogP contribution in [-0.4, -0.2) is 13.5 Å². The summed E-state index contributed by atoms with van der Waals surface area (Å²) in [6.07, 6.45) is 0.665. The van der Waals surface area contributed by atoms with Crippen LogP contribution in [0, 0.1) is 0 Å². The van der Waals surface area contributed by atoms with Gasteiger partial charge in [0.25, 0.3) is 0 Å². The van der Waals surface area contributed by atoms with Crippen molar-refractivity contribution >= 4 is 21.4 Å². The van der Waals surface area contributed by atoms with Gasteiger partial charge in [0, 0.05) is 4.88 Å². The Morgan fingerprint density at radius 1 is 1.32 bits per heavy atom. The Morgan fingerprint density at radius 2 is 2.11 bits per heavy atom. The normalized spacial score (nSPS) is 13.3. The fraction of sp³-hybridized carbons (Fsp3) is 0.231. The van der Waals surface area contributed by atoms with Crippen molar-refractivity contribution in [3.63, 3.8) is 0 Å². The third kappa shape index (κ3) is 3.34. The number of hydrogen-bond donors (Lipinski definition) is 2. The zero-order valence-corrected chi connectivity index (χ0v) is 12.0. The van der Waals surface area contributed by atoms with E-state index in [-0.39, 0.29) is 16.7 Å². The maximum atomic E-state index is 12.2. The van der Waals surface area contributed by atoms with E-state index in [4.69, 9.17) is 0 Å². The van der Waals surface area contributed by atoms with E-state index in [1.165, 1.54) is 35.6 Å². The van der Waals surface area contributed by atoms with E-state index in [2.05, 4.69) is 4.72 Å². The molecule has 0 amide bonds. The topological polar surface area (TPSA) is 66.4 Å². The van der Waals surface area contributed by atoms with Crippen molar-refractivity contribution in [2.45, 2.75) is 24.3 Å². The van der Waals surface area contributed by atoms with Crippen molar-refractivity contribution in [1.29, 1.82) is 0 Å². The molecular weight excluding hydrogens is 282 g/mol. The van der Waals surface area contributed by atoms with Crippen molar-refractivity contribution < 1.29 is 13.5 Å². The van der Waals surface area contributed by atoms with Crippen LogP contribution in [0.25, 0.3) is 0 Å². The second-order valence-electron chi connectivity index (χ2n) is 4.09. The summed E-state index contributed by atoms with van der Waals surface area (Å²) in [4.78, 5) is 1.05. The number of phenolic OH excluding ortho intramolecular Hbond substituents is 1. The maximum Gasteiger partial charge on any atom is 0.241 e. The Hall–Kier alpha value is -1.37. The summed E-state index contributed by atoms with van der Waals surface area (Å²) in [5, 5.41) is 11.3. The highest BCUT2D eigenvalue weighted by Crippen LogP contribution is 2.24. The second-order valence-corrected chi connectivity index (χ2v) is 6.79. The largest absolute Gasteiger partial charge is 0.508 e. The first kappa shape index (κ1) is 14.0. The van der Waals surface area contributed by atoms with Crippen LogP contribution in [0.5, 0.6) is 5.75 Å². The third-order valence-corrected chi connectivity index (χ3v) is 5.18. The lowest BCUT2D eigenvalue weighted by Gasteiger charge is -2.15. The number of benzene rings is 1. The van der Waals surface area contributed by atoms with Gasteiger partial charge in [-0.3, -0.25) is 0 Å². The number of rotatable bonds is 5. The fourth-order valence-electron chi connectivity index (χ4n) is 1.74. The number of sulfonamides is 1. The van der Waals surface area contributed by atoms with Gasteiger partial charge < -0.3 is 5.11 Å². The summed E-state index contributed by atoms with van der Waals surface area (Å²) >= 11 is 1.52. The molecule has 1 aromatic heterocycles. The molecule has 1 unspecified atom stereocenters. The van der Waals surface area contributed by atoms with Gasteiger partial charge in [-0.15, -0.1) is 11.3 Å². The first-order valence-electron chi connectivity index (χ1n) is 5.87. The van der Waals surface area contributed by atoms with Gasteiger partial charge in [0.05, 0.1) is 10.9 Å². The van der Waals surface area contributed by atoms with Gasteiger partial charge in [-0.25, -0.2) is 13.1 Å². The minimum atomic E-state index is -3.62. The highest BCUT2D eigenvalue weighted by Gasteiger charge is 2.21. The van der Waals surface area contributed by atoms with Gasteiger partial charge >= 0.3 is 0 Å². The molecule has 2 N–H and O–H groups in total. The van der Waals surface area contributed by atoms with Crippen LogP contribution in [0.4, 0.5) is 0 Å². The van der Waals surface area contributed by atoms with E-state index in [0.29, 0.717) is 6.42 Å². The molecular formula is C13H15NO3S2. The smallest absolute Gasteiger partial charge is 0.241 e. The summed E-state index contributed by atoms with van der Waals surface area (Å²) in [6.45, 7) is 1.93. The third-order valence-electron chi connectivity index (χ3n) is 2.72. The monoisotopic (exact) mass is 297 g/mol. The number of hydrogen-bond acceptors (Lipinski definition) is 4. The Balaban J connectivity index is 2.26. The lowest BCUT2D eigenvalue weighted by molar-refractivity contribution is 0.472. The average Bonchev–Trinajstić information content (AvgIpc) is 2.90. The molecule has 2 aromatic rings. The first-order valence-corrected chi connectivity index (χ1v) is 8.24. The molecule has 0 aliphatic heterocycles. The highest BCUT2D eigenvalue weighted by molar-refractivity contribution is 7.89. The molecule has 0 fully saturated rings. The van der Waals surface area contributed by atoms with E-state index in [0.717, 1.165) is 4.88 Å². The quantitative estimate of drug-likeness (QED) is 0.891. The SMILES string of the molecule is CCC(NS(=O)(=O)c1cccc(O)c1)c1cccs1. The van der Waals surface area contributed by atoms with Gasteiger partial charge in [0.15, 0.2) is 0 Å². The number of thiophene rings is 1. The van der Waals surface area contributed by atoms with E-state index in [9.17, 15) is 13.5 Å². The van der Waals surface area contributed by atoms with Crippen LogP contribution in [0.1, 0.15) is 24.3 Å². The maximum absolute atomic E-state index is 12.2. The number of nitrogens with one attached hydrogen (secondary N) is 1. The summed E-state index contributed by atoms with van der Waals surface area (Å²) in [5.41, 5.74) is 0. The molecule has 1 aromatic carbocycles. The van der Waals surface area contributed by atoms with Crippen LogP contribution in [0.15, 0.2) is 46.7 Å². The number of aromatic hydroxyl groups is 1. The Morgan fingerprint density at radius 3 is 2.68 bits per heavy atom. The minimum absolute atomic E-state index is 0.0629. The van der Waals surface area contributed by atoms with Gasteiger partial charge in [-0.05, 0) is 36.1 Å². The summed E-state index contributed by atoms with van der Waals surface area (Å²) in [7, 11) is -3.62. The van der Waals surface area contributed by atoms with E-state index in [1.54, 1.807) is 0 Å². The molecule has 0 bridgehead atoms. The Kier molecular flexibility index (Phi) is 4.24. The average molecular weight is 297 g/mol. The van der Waals surface area contributed by atoms with Crippen LogP contribution in [0.2, 0.25) is 0 Å². The van der Waals surface area contributed by atoms with Gasteiger partial charge in [0.1, 0.15) is 5.75 Å². The minimum Gasteiger partial charge on any atom is -0.508 e. The lowest BCUT2D eigenvalue weighted by atomic mass is 10.2. The zero-order chi connectivity index (χ0) is 13.9. The van der Waals surface area contributed by atoms with E-state index >= 15 is 0 Å². The molecule has 0 saturated carbocycles. The molecule has 0 aliphatic carbocycles. The Bertz CT molecular complexity index is 636. The molecule has 2 rings (SSSR count). The zero-order valence-electron chi connectivity index (χ0n) is 10.4. The molecule has 19 heavy (non-hydrogen) atoms. The van der Waals surface area contributed by atoms with Crippen molar-refractivity contribution in [3.05, 3.63) is 46.7 Å².